The van der Waals surface area contributed by atoms with E-state index in [4.69, 9.17) is 5.48 Å². The van der Waals surface area contributed by atoms with Gasteiger partial charge in [-0.05, 0) is 88.6 Å². The molecule has 8 aromatic rings. The summed E-state index contributed by atoms with van der Waals surface area (Å²) in [5, 5.41) is 7.84. The lowest BCUT2D eigenvalue weighted by molar-refractivity contribution is 1.64. The van der Waals surface area contributed by atoms with Crippen molar-refractivity contribution in [2.24, 2.45) is 0 Å². The van der Waals surface area contributed by atoms with Gasteiger partial charge in [0.1, 0.15) is 0 Å². The SMILES string of the molecule is [2H]c1cc2c(-c3cc(-c4ccccc4)c4ccccc4c3)c3cc([2H])c([2H])cc3c(-c3cccc4ccccc34)c2cc1[2H]. The van der Waals surface area contributed by atoms with Crippen LogP contribution in [-0.2, 0) is 0 Å². The maximum Gasteiger partial charge on any atom is 0.0623 e. The van der Waals surface area contributed by atoms with E-state index in [1.807, 2.05) is 42.5 Å². The van der Waals surface area contributed by atoms with Crippen LogP contribution >= 0.6 is 0 Å². The first kappa shape index (κ1) is 19.0. The summed E-state index contributed by atoms with van der Waals surface area (Å²) in [6, 6.07) is 45.4. The van der Waals surface area contributed by atoms with Gasteiger partial charge >= 0.3 is 0 Å². The number of benzene rings is 8. The fourth-order valence-electron chi connectivity index (χ4n) is 6.24. The van der Waals surface area contributed by atoms with Crippen molar-refractivity contribution >= 4 is 43.1 Å². The fourth-order valence-corrected chi connectivity index (χ4v) is 6.24. The molecule has 0 aliphatic carbocycles. The van der Waals surface area contributed by atoms with Crippen molar-refractivity contribution in [2.45, 2.75) is 0 Å². The molecule has 0 nitrogen and oxygen atoms in total. The van der Waals surface area contributed by atoms with Gasteiger partial charge in [-0.2, -0.15) is 0 Å². The monoisotopic (exact) mass is 510 g/mol. The van der Waals surface area contributed by atoms with Gasteiger partial charge < -0.3 is 0 Å². The Morgan fingerprint density at radius 1 is 0.325 bits per heavy atom. The first-order valence-electron chi connectivity index (χ1n) is 15.5. The van der Waals surface area contributed by atoms with Gasteiger partial charge in [0.25, 0.3) is 0 Å². The van der Waals surface area contributed by atoms with E-state index in [0.29, 0.717) is 0 Å². The van der Waals surface area contributed by atoms with Gasteiger partial charge in [0.15, 0.2) is 0 Å². The summed E-state index contributed by atoms with van der Waals surface area (Å²) < 4.78 is 34.8. The molecule has 0 aromatic heterocycles. The lowest BCUT2D eigenvalue weighted by Gasteiger charge is -2.20. The Hall–Kier alpha value is -5.20. The average Bonchev–Trinajstić information content (AvgIpc) is 3.05. The standard InChI is InChI=1S/C40H26/c1-2-13-28(14-3-1)38-26-30(25-29-16-5-7-19-32(29)38)39-34-20-8-10-22-36(34)40(37-23-11-9-21-35(37)39)33-24-12-17-27-15-4-6-18-31(27)33/h1-26H/i8D,9D,10D,11D. The van der Waals surface area contributed by atoms with E-state index in [2.05, 4.69) is 66.7 Å². The first-order chi connectivity index (χ1) is 21.5. The third kappa shape index (κ3) is 3.54. The van der Waals surface area contributed by atoms with Crippen LogP contribution in [0.5, 0.6) is 0 Å². The molecule has 0 atom stereocenters. The number of hydrogen-bond acceptors (Lipinski definition) is 0. The highest BCUT2D eigenvalue weighted by molar-refractivity contribution is 6.24. The molecule has 0 heterocycles. The van der Waals surface area contributed by atoms with Crippen molar-refractivity contribution in [1.29, 1.82) is 0 Å². The largest absolute Gasteiger partial charge is 0.0623 e. The van der Waals surface area contributed by atoms with Gasteiger partial charge in [0, 0.05) is 0 Å². The third-order valence-corrected chi connectivity index (χ3v) is 7.98. The lowest BCUT2D eigenvalue weighted by atomic mass is 9.83. The van der Waals surface area contributed by atoms with Crippen molar-refractivity contribution in [3.63, 3.8) is 0 Å². The van der Waals surface area contributed by atoms with Gasteiger partial charge in [-0.25, -0.2) is 0 Å². The molecule has 0 saturated heterocycles. The summed E-state index contributed by atoms with van der Waals surface area (Å²) in [6.45, 7) is 0. The molecule has 0 fully saturated rings. The van der Waals surface area contributed by atoms with Crippen molar-refractivity contribution in [2.75, 3.05) is 0 Å². The minimum atomic E-state index is 0.147. The quantitative estimate of drug-likeness (QED) is 0.207. The van der Waals surface area contributed by atoms with E-state index in [0.717, 1.165) is 76.5 Å². The van der Waals surface area contributed by atoms with Crippen molar-refractivity contribution in [3.05, 3.63) is 158 Å². The molecule has 0 bridgehead atoms. The van der Waals surface area contributed by atoms with E-state index in [1.54, 1.807) is 24.3 Å². The van der Waals surface area contributed by atoms with E-state index in [9.17, 15) is 0 Å². The molecule has 0 radical (unpaired) electrons. The highest BCUT2D eigenvalue weighted by atomic mass is 14.2. The van der Waals surface area contributed by atoms with Gasteiger partial charge in [-0.15, -0.1) is 0 Å². The maximum absolute atomic E-state index is 8.70. The zero-order valence-electron chi connectivity index (χ0n) is 25.7. The fraction of sp³-hybridized carbons (Fsp3) is 0. The van der Waals surface area contributed by atoms with Crippen LogP contribution in [0.3, 0.4) is 0 Å². The van der Waals surface area contributed by atoms with Gasteiger partial charge in [-0.1, -0.05) is 145 Å². The molecular formula is C40H26. The molecule has 0 spiro atoms. The van der Waals surface area contributed by atoms with Crippen molar-refractivity contribution in [3.8, 4) is 33.4 Å². The third-order valence-electron chi connectivity index (χ3n) is 7.98. The minimum Gasteiger partial charge on any atom is -0.0622 e. The molecular weight excluding hydrogens is 480 g/mol. The van der Waals surface area contributed by atoms with Crippen LogP contribution in [0.25, 0.3) is 76.5 Å². The predicted molar refractivity (Wildman–Crippen MR) is 173 cm³/mol. The van der Waals surface area contributed by atoms with Crippen molar-refractivity contribution in [1.82, 2.24) is 0 Å². The molecule has 0 heteroatoms. The zero-order chi connectivity index (χ0) is 29.9. The van der Waals surface area contributed by atoms with Crippen LogP contribution in [0.2, 0.25) is 0 Å². The Morgan fingerprint density at radius 3 is 1.52 bits per heavy atom. The van der Waals surface area contributed by atoms with Crippen molar-refractivity contribution < 1.29 is 5.48 Å². The molecule has 8 aromatic carbocycles. The molecule has 8 rings (SSSR count). The predicted octanol–water partition coefficient (Wildman–Crippen LogP) is 11.3. The van der Waals surface area contributed by atoms with E-state index in [-0.39, 0.29) is 24.2 Å². The Morgan fingerprint density at radius 2 is 0.850 bits per heavy atom. The van der Waals surface area contributed by atoms with Crippen LogP contribution in [0, 0.1) is 0 Å². The second kappa shape index (κ2) is 9.22. The molecule has 0 unspecified atom stereocenters. The smallest absolute Gasteiger partial charge is 0.0622 e. The van der Waals surface area contributed by atoms with Crippen LogP contribution in [0.4, 0.5) is 0 Å². The maximum atomic E-state index is 8.70. The minimum absolute atomic E-state index is 0.147. The molecule has 0 amide bonds. The summed E-state index contributed by atoms with van der Waals surface area (Å²) in [6.07, 6.45) is 0. The van der Waals surface area contributed by atoms with E-state index in [1.165, 1.54) is 0 Å². The van der Waals surface area contributed by atoms with Gasteiger partial charge in [0.2, 0.25) is 0 Å². The molecule has 40 heavy (non-hydrogen) atoms. The summed E-state index contributed by atoms with van der Waals surface area (Å²) in [7, 11) is 0. The molecule has 0 N–H and O–H groups in total. The molecule has 0 aliphatic heterocycles. The Balaban J connectivity index is 1.59. The Bertz CT molecular complexity index is 2350. The highest BCUT2D eigenvalue weighted by Gasteiger charge is 2.19. The van der Waals surface area contributed by atoms with E-state index >= 15 is 0 Å². The average molecular weight is 511 g/mol. The Labute approximate surface area is 239 Å². The van der Waals surface area contributed by atoms with Crippen LogP contribution in [0.1, 0.15) is 5.48 Å². The molecule has 0 aliphatic rings. The lowest BCUT2D eigenvalue weighted by Crippen LogP contribution is -1.92. The summed E-state index contributed by atoms with van der Waals surface area (Å²) in [4.78, 5) is 0. The zero-order valence-corrected chi connectivity index (χ0v) is 21.7. The van der Waals surface area contributed by atoms with Crippen LogP contribution < -0.4 is 0 Å². The number of rotatable bonds is 3. The summed E-state index contributed by atoms with van der Waals surface area (Å²) in [5.74, 6) is 0. The van der Waals surface area contributed by atoms with Crippen LogP contribution in [0.15, 0.2) is 158 Å². The van der Waals surface area contributed by atoms with E-state index < -0.39 is 0 Å². The summed E-state index contributed by atoms with van der Waals surface area (Å²) in [5.41, 5.74) is 6.00. The molecule has 0 saturated carbocycles. The number of fused-ring (bicyclic) bond motifs is 4. The highest BCUT2D eigenvalue weighted by Crippen LogP contribution is 2.46. The van der Waals surface area contributed by atoms with Gasteiger partial charge in [0.05, 0.1) is 5.48 Å². The second-order valence-corrected chi connectivity index (χ2v) is 10.2. The summed E-state index contributed by atoms with van der Waals surface area (Å²) >= 11 is 0. The molecule has 186 valence electrons. The first-order valence-corrected chi connectivity index (χ1v) is 13.5. The number of hydrogen-bond donors (Lipinski definition) is 0. The normalized spacial score (nSPS) is 12.9. The Kier molecular flexibility index (Phi) is 4.37. The van der Waals surface area contributed by atoms with Crippen LogP contribution in [-0.4, -0.2) is 0 Å². The topological polar surface area (TPSA) is 0 Å². The van der Waals surface area contributed by atoms with Gasteiger partial charge in [-0.3, -0.25) is 0 Å². The second-order valence-electron chi connectivity index (χ2n) is 10.2.